The van der Waals surface area contributed by atoms with Crippen molar-refractivity contribution in [3.8, 4) is 0 Å². The van der Waals surface area contributed by atoms with Crippen molar-refractivity contribution >= 4 is 38.9 Å². The van der Waals surface area contributed by atoms with Crippen LogP contribution in [-0.2, 0) is 6.42 Å². The molecule has 104 valence electrons. The number of hydrogen-bond donors (Lipinski definition) is 0. The van der Waals surface area contributed by atoms with Crippen LogP contribution in [0.4, 0.5) is 0 Å². The molecule has 0 fully saturated rings. The van der Waals surface area contributed by atoms with E-state index in [1.807, 2.05) is 12.1 Å². The number of hydrogen-bond acceptors (Lipinski definition) is 1. The van der Waals surface area contributed by atoms with E-state index in [1.54, 1.807) is 0 Å². The largest absolute Gasteiger partial charge is 0.297 e. The van der Waals surface area contributed by atoms with Crippen LogP contribution in [0.15, 0.2) is 48.5 Å². The number of aryl methyl sites for hydroxylation is 1. The van der Waals surface area contributed by atoms with Gasteiger partial charge in [0.15, 0.2) is 0 Å². The second-order valence-corrected chi connectivity index (χ2v) is 5.80. The highest BCUT2D eigenvalue weighted by Crippen LogP contribution is 2.29. The maximum Gasteiger partial charge on any atom is 0.114 e. The minimum Gasteiger partial charge on any atom is -0.297 e. The first-order valence-electron chi connectivity index (χ1n) is 7.26. The molecule has 0 radical (unpaired) electrons. The van der Waals surface area contributed by atoms with E-state index < -0.39 is 0 Å². The zero-order valence-corrected chi connectivity index (χ0v) is 12.6. The van der Waals surface area contributed by atoms with Crippen LogP contribution in [-0.4, -0.2) is 9.38 Å². The van der Waals surface area contributed by atoms with Gasteiger partial charge in [-0.25, -0.2) is 4.98 Å². The molecule has 0 saturated carbocycles. The molecule has 4 aromatic rings. The minimum absolute atomic E-state index is 0.734. The highest BCUT2D eigenvalue weighted by Gasteiger charge is 2.11. The van der Waals surface area contributed by atoms with Gasteiger partial charge in [0.25, 0.3) is 0 Å². The van der Waals surface area contributed by atoms with Crippen molar-refractivity contribution in [3.05, 3.63) is 59.4 Å². The fourth-order valence-electron chi connectivity index (χ4n) is 3.03. The third-order valence-corrected chi connectivity index (χ3v) is 4.16. The zero-order valence-electron chi connectivity index (χ0n) is 11.8. The number of rotatable bonds is 2. The summed E-state index contributed by atoms with van der Waals surface area (Å²) >= 11 is 6.13. The van der Waals surface area contributed by atoms with Gasteiger partial charge in [-0.1, -0.05) is 36.7 Å². The van der Waals surface area contributed by atoms with Crippen LogP contribution in [0, 0.1) is 0 Å². The third kappa shape index (κ3) is 1.90. The summed E-state index contributed by atoms with van der Waals surface area (Å²) < 4.78 is 2.29. The highest BCUT2D eigenvalue weighted by atomic mass is 35.5. The van der Waals surface area contributed by atoms with Crippen LogP contribution in [0.1, 0.15) is 19.2 Å². The van der Waals surface area contributed by atoms with Gasteiger partial charge in [-0.05, 0) is 36.8 Å². The Balaban J connectivity index is 2.24. The van der Waals surface area contributed by atoms with Crippen LogP contribution >= 0.6 is 11.6 Å². The Morgan fingerprint density at radius 2 is 1.90 bits per heavy atom. The highest BCUT2D eigenvalue weighted by molar-refractivity contribution is 6.31. The normalized spacial score (nSPS) is 11.7. The monoisotopic (exact) mass is 294 g/mol. The third-order valence-electron chi connectivity index (χ3n) is 3.93. The average molecular weight is 295 g/mol. The summed E-state index contributed by atoms with van der Waals surface area (Å²) in [5, 5.41) is 3.13. The molecule has 21 heavy (non-hydrogen) atoms. The van der Waals surface area contributed by atoms with Crippen molar-refractivity contribution in [2.45, 2.75) is 19.8 Å². The van der Waals surface area contributed by atoms with E-state index >= 15 is 0 Å². The van der Waals surface area contributed by atoms with E-state index in [1.165, 1.54) is 16.4 Å². The summed E-state index contributed by atoms with van der Waals surface area (Å²) in [5.74, 6) is 1.10. The Labute approximate surface area is 128 Å². The Morgan fingerprint density at radius 3 is 2.76 bits per heavy atom. The zero-order chi connectivity index (χ0) is 14.4. The van der Waals surface area contributed by atoms with Crippen molar-refractivity contribution in [3.63, 3.8) is 0 Å². The first-order valence-corrected chi connectivity index (χ1v) is 7.64. The number of halogens is 1. The molecule has 2 heterocycles. The number of para-hydroxylation sites is 1. The maximum atomic E-state index is 6.13. The smallest absolute Gasteiger partial charge is 0.114 e. The number of aromatic nitrogens is 2. The van der Waals surface area contributed by atoms with Gasteiger partial charge >= 0.3 is 0 Å². The first kappa shape index (κ1) is 12.7. The van der Waals surface area contributed by atoms with Crippen LogP contribution in [0.25, 0.3) is 27.3 Å². The Morgan fingerprint density at radius 1 is 1.05 bits per heavy atom. The molecule has 0 spiro atoms. The molecule has 2 aromatic carbocycles. The van der Waals surface area contributed by atoms with E-state index in [0.29, 0.717) is 0 Å². The predicted molar refractivity (Wildman–Crippen MR) is 89.2 cm³/mol. The summed E-state index contributed by atoms with van der Waals surface area (Å²) in [5.41, 5.74) is 3.41. The van der Waals surface area contributed by atoms with Gasteiger partial charge < -0.3 is 0 Å². The summed E-state index contributed by atoms with van der Waals surface area (Å²) in [6, 6.07) is 16.7. The topological polar surface area (TPSA) is 17.3 Å². The summed E-state index contributed by atoms with van der Waals surface area (Å²) in [4.78, 5) is 4.85. The molecule has 2 aromatic heterocycles. The molecule has 3 heteroatoms. The number of fused-ring (bicyclic) bond motifs is 5. The van der Waals surface area contributed by atoms with E-state index in [-0.39, 0.29) is 0 Å². The van der Waals surface area contributed by atoms with Gasteiger partial charge in [-0.15, -0.1) is 0 Å². The molecule has 0 aliphatic carbocycles. The minimum atomic E-state index is 0.734. The quantitative estimate of drug-likeness (QED) is 0.494. The lowest BCUT2D eigenvalue weighted by molar-refractivity contribution is 0.830. The lowest BCUT2D eigenvalue weighted by Gasteiger charge is -2.09. The van der Waals surface area contributed by atoms with Gasteiger partial charge in [-0.3, -0.25) is 4.40 Å². The van der Waals surface area contributed by atoms with Gasteiger partial charge in [-0.2, -0.15) is 0 Å². The molecule has 0 bridgehead atoms. The van der Waals surface area contributed by atoms with E-state index in [9.17, 15) is 0 Å². The molecular weight excluding hydrogens is 280 g/mol. The van der Waals surface area contributed by atoms with Crippen molar-refractivity contribution < 1.29 is 0 Å². The number of nitrogens with zero attached hydrogens (tertiary/aromatic N) is 2. The molecular formula is C18H15ClN2. The lowest BCUT2D eigenvalue weighted by atomic mass is 10.2. The SMILES string of the molecule is CCCc1nc2cc(Cl)ccc2c2cc3ccccc3n12. The Kier molecular flexibility index (Phi) is 2.86. The second-order valence-electron chi connectivity index (χ2n) is 5.36. The van der Waals surface area contributed by atoms with Gasteiger partial charge in [0.1, 0.15) is 5.82 Å². The predicted octanol–water partition coefficient (Wildman–Crippen LogP) is 5.25. The molecule has 0 N–H and O–H groups in total. The molecule has 0 amide bonds. The summed E-state index contributed by atoms with van der Waals surface area (Å²) in [7, 11) is 0. The fourth-order valence-corrected chi connectivity index (χ4v) is 3.19. The van der Waals surface area contributed by atoms with Gasteiger partial charge in [0.05, 0.1) is 16.6 Å². The first-order chi connectivity index (χ1) is 10.3. The van der Waals surface area contributed by atoms with Crippen molar-refractivity contribution in [2.24, 2.45) is 0 Å². The Bertz CT molecular complexity index is 969. The van der Waals surface area contributed by atoms with Crippen LogP contribution < -0.4 is 0 Å². The van der Waals surface area contributed by atoms with Gasteiger partial charge in [0.2, 0.25) is 0 Å². The van der Waals surface area contributed by atoms with Crippen molar-refractivity contribution in [2.75, 3.05) is 0 Å². The second kappa shape index (κ2) is 4.74. The average Bonchev–Trinajstić information content (AvgIpc) is 2.87. The number of benzene rings is 2. The molecule has 0 saturated heterocycles. The Hall–Kier alpha value is -2.06. The molecule has 4 rings (SSSR count). The fraction of sp³-hybridized carbons (Fsp3) is 0.167. The van der Waals surface area contributed by atoms with E-state index in [4.69, 9.17) is 16.6 Å². The van der Waals surface area contributed by atoms with Gasteiger partial charge in [0, 0.05) is 22.2 Å². The van der Waals surface area contributed by atoms with Crippen LogP contribution in [0.2, 0.25) is 5.02 Å². The molecule has 0 aliphatic heterocycles. The summed E-state index contributed by atoms with van der Waals surface area (Å²) in [6.45, 7) is 2.18. The van der Waals surface area contributed by atoms with Crippen molar-refractivity contribution in [1.29, 1.82) is 0 Å². The molecule has 2 nitrogen and oxygen atoms in total. The molecule has 0 atom stereocenters. The maximum absolute atomic E-state index is 6.13. The van der Waals surface area contributed by atoms with E-state index in [0.717, 1.165) is 34.6 Å². The standard InChI is InChI=1S/C18H15ClN2/c1-2-5-18-20-15-11-13(19)8-9-14(15)17-10-12-6-3-4-7-16(12)21(17)18/h3-4,6-11H,2,5H2,1H3. The van der Waals surface area contributed by atoms with Crippen molar-refractivity contribution in [1.82, 2.24) is 9.38 Å². The summed E-state index contributed by atoms with van der Waals surface area (Å²) in [6.07, 6.45) is 2.03. The molecule has 0 unspecified atom stereocenters. The molecule has 0 aliphatic rings. The van der Waals surface area contributed by atoms with Crippen LogP contribution in [0.5, 0.6) is 0 Å². The van der Waals surface area contributed by atoms with E-state index in [2.05, 4.69) is 47.7 Å². The lowest BCUT2D eigenvalue weighted by Crippen LogP contribution is -2.01. The van der Waals surface area contributed by atoms with Crippen LogP contribution in [0.3, 0.4) is 0 Å².